The summed E-state index contributed by atoms with van der Waals surface area (Å²) in [4.78, 5) is 23.9. The molecule has 7 heteroatoms. The van der Waals surface area contributed by atoms with Crippen molar-refractivity contribution in [2.45, 2.75) is 20.0 Å². The average molecular weight is 424 g/mol. The maximum absolute atomic E-state index is 13.0. The minimum atomic E-state index is -0.919. The van der Waals surface area contributed by atoms with Crippen LogP contribution in [0.2, 0.25) is 0 Å². The molecule has 4 aromatic rings. The molecule has 0 saturated heterocycles. The molecule has 1 heterocycles. The fourth-order valence-corrected chi connectivity index (χ4v) is 3.65. The normalized spacial score (nSPS) is 12.0. The van der Waals surface area contributed by atoms with Crippen LogP contribution in [0.3, 0.4) is 0 Å². The number of ether oxygens (including phenoxy) is 2. The van der Waals surface area contributed by atoms with E-state index in [9.17, 15) is 14.0 Å². The lowest BCUT2D eigenvalue weighted by Crippen LogP contribution is -2.28. The average Bonchev–Trinajstić information content (AvgIpc) is 3.09. The Kier molecular flexibility index (Phi) is 5.37. The summed E-state index contributed by atoms with van der Waals surface area (Å²) in [5, 5.41) is 0. The second-order valence-corrected chi connectivity index (χ2v) is 7.73. The van der Waals surface area contributed by atoms with Crippen LogP contribution in [0.5, 0.6) is 11.5 Å². The SMILES string of the molecule is Cc1ccc(-c2cc(OC(=O)C(C)Oc3ccc(F)cc3)cc3sc(=O)oc23)cc1. The largest absolute Gasteiger partial charge is 0.479 e. The zero-order valence-electron chi connectivity index (χ0n) is 16.2. The highest BCUT2D eigenvalue weighted by molar-refractivity contribution is 7.16. The topological polar surface area (TPSA) is 65.7 Å². The van der Waals surface area contributed by atoms with E-state index in [1.807, 2.05) is 31.2 Å². The van der Waals surface area contributed by atoms with Crippen molar-refractivity contribution in [1.82, 2.24) is 0 Å². The first kappa shape index (κ1) is 19.8. The summed E-state index contributed by atoms with van der Waals surface area (Å²) < 4.78 is 30.0. The number of benzene rings is 3. The van der Waals surface area contributed by atoms with Crippen molar-refractivity contribution in [3.05, 3.63) is 81.8 Å². The van der Waals surface area contributed by atoms with E-state index in [0.29, 0.717) is 21.6 Å². The highest BCUT2D eigenvalue weighted by Gasteiger charge is 2.20. The molecule has 0 saturated carbocycles. The van der Waals surface area contributed by atoms with Gasteiger partial charge in [0.1, 0.15) is 17.3 Å². The molecule has 3 aromatic carbocycles. The Morgan fingerprint density at radius 1 is 1.03 bits per heavy atom. The van der Waals surface area contributed by atoms with Crippen molar-refractivity contribution in [1.29, 1.82) is 0 Å². The monoisotopic (exact) mass is 424 g/mol. The van der Waals surface area contributed by atoms with E-state index in [-0.39, 0.29) is 5.75 Å². The van der Waals surface area contributed by atoms with Crippen LogP contribution in [0.4, 0.5) is 4.39 Å². The number of carbonyl (C=O) groups is 1. The minimum Gasteiger partial charge on any atom is -0.479 e. The lowest BCUT2D eigenvalue weighted by atomic mass is 10.0. The van der Waals surface area contributed by atoms with Gasteiger partial charge in [-0.3, -0.25) is 0 Å². The van der Waals surface area contributed by atoms with Crippen molar-refractivity contribution in [2.75, 3.05) is 0 Å². The Morgan fingerprint density at radius 3 is 2.43 bits per heavy atom. The summed E-state index contributed by atoms with van der Waals surface area (Å²) in [6.07, 6.45) is -0.919. The summed E-state index contributed by atoms with van der Waals surface area (Å²) in [5.74, 6) is -0.391. The van der Waals surface area contributed by atoms with Crippen molar-refractivity contribution in [2.24, 2.45) is 0 Å². The predicted octanol–water partition coefficient (Wildman–Crippen LogP) is 5.34. The zero-order chi connectivity index (χ0) is 21.3. The first-order chi connectivity index (χ1) is 14.4. The van der Waals surface area contributed by atoms with E-state index in [4.69, 9.17) is 13.9 Å². The number of esters is 1. The van der Waals surface area contributed by atoms with Crippen LogP contribution in [0.25, 0.3) is 21.4 Å². The Morgan fingerprint density at radius 2 is 1.73 bits per heavy atom. The van der Waals surface area contributed by atoms with Crippen molar-refractivity contribution < 1.29 is 23.1 Å². The molecule has 0 amide bonds. The molecular weight excluding hydrogens is 407 g/mol. The molecule has 5 nitrogen and oxygen atoms in total. The standard InChI is InChI=1S/C23H17FO5S/c1-13-3-5-15(6-4-13)19-11-18(12-20-21(19)29-23(26)30-20)28-22(25)14(2)27-17-9-7-16(24)8-10-17/h3-12,14H,1-2H3. The van der Waals surface area contributed by atoms with E-state index in [2.05, 4.69) is 0 Å². The summed E-state index contributed by atoms with van der Waals surface area (Å²) >= 11 is 0.937. The molecule has 0 aliphatic heterocycles. The maximum atomic E-state index is 13.0. The quantitative estimate of drug-likeness (QED) is 0.320. The molecule has 0 aliphatic rings. The van der Waals surface area contributed by atoms with Crippen LogP contribution in [0.15, 0.2) is 69.9 Å². The number of carbonyl (C=O) groups excluding carboxylic acids is 1. The molecule has 4 rings (SSSR count). The van der Waals surface area contributed by atoms with Gasteiger partial charge < -0.3 is 13.9 Å². The molecule has 0 bridgehead atoms. The van der Waals surface area contributed by atoms with Crippen molar-refractivity contribution in [3.8, 4) is 22.6 Å². The molecular formula is C23H17FO5S. The number of fused-ring (bicyclic) bond motifs is 1. The maximum Gasteiger partial charge on any atom is 0.396 e. The van der Waals surface area contributed by atoms with Crippen molar-refractivity contribution in [3.63, 3.8) is 0 Å². The smallest absolute Gasteiger partial charge is 0.396 e. The fraction of sp³-hybridized carbons (Fsp3) is 0.130. The highest BCUT2D eigenvalue weighted by atomic mass is 32.1. The van der Waals surface area contributed by atoms with Crippen LogP contribution in [-0.2, 0) is 4.79 Å². The van der Waals surface area contributed by atoms with Gasteiger partial charge in [0.15, 0.2) is 11.7 Å². The fourth-order valence-electron chi connectivity index (χ4n) is 2.92. The summed E-state index contributed by atoms with van der Waals surface area (Å²) in [7, 11) is 0. The molecule has 0 fully saturated rings. The third-order valence-electron chi connectivity index (χ3n) is 4.45. The second kappa shape index (κ2) is 8.12. The number of hydrogen-bond donors (Lipinski definition) is 0. The van der Waals surface area contributed by atoms with Gasteiger partial charge in [0, 0.05) is 11.6 Å². The Bertz CT molecular complexity index is 1260. The van der Waals surface area contributed by atoms with Crippen LogP contribution in [-0.4, -0.2) is 12.1 Å². The van der Waals surface area contributed by atoms with Gasteiger partial charge in [-0.1, -0.05) is 41.2 Å². The third kappa shape index (κ3) is 4.26. The Labute approximate surface area is 175 Å². The van der Waals surface area contributed by atoms with Gasteiger partial charge in [0.05, 0.1) is 4.70 Å². The first-order valence-corrected chi connectivity index (χ1v) is 9.99. The van der Waals surface area contributed by atoms with Gasteiger partial charge in [-0.05, 0) is 49.7 Å². The molecule has 0 radical (unpaired) electrons. The summed E-state index contributed by atoms with van der Waals surface area (Å²) in [6.45, 7) is 3.52. The molecule has 1 atom stereocenters. The molecule has 0 N–H and O–H groups in total. The second-order valence-electron chi connectivity index (χ2n) is 6.75. The zero-order valence-corrected chi connectivity index (χ0v) is 17.0. The number of aryl methyl sites for hydroxylation is 1. The van der Waals surface area contributed by atoms with Crippen LogP contribution in [0, 0.1) is 12.7 Å². The molecule has 30 heavy (non-hydrogen) atoms. The first-order valence-electron chi connectivity index (χ1n) is 9.18. The number of halogens is 1. The Balaban J connectivity index is 1.62. The van der Waals surface area contributed by atoms with Gasteiger partial charge in [-0.2, -0.15) is 0 Å². The van der Waals surface area contributed by atoms with Gasteiger partial charge >= 0.3 is 10.9 Å². The molecule has 0 aliphatic carbocycles. The van der Waals surface area contributed by atoms with Gasteiger partial charge in [-0.25, -0.2) is 14.0 Å². The molecule has 1 unspecified atom stereocenters. The lowest BCUT2D eigenvalue weighted by molar-refractivity contribution is -0.141. The van der Waals surface area contributed by atoms with E-state index < -0.39 is 22.8 Å². The summed E-state index contributed by atoms with van der Waals surface area (Å²) in [5.41, 5.74) is 3.03. The predicted molar refractivity (Wildman–Crippen MR) is 113 cm³/mol. The van der Waals surface area contributed by atoms with E-state index in [1.54, 1.807) is 19.1 Å². The molecule has 1 aromatic heterocycles. The van der Waals surface area contributed by atoms with Gasteiger partial charge in [-0.15, -0.1) is 0 Å². The molecule has 152 valence electrons. The van der Waals surface area contributed by atoms with Crippen LogP contribution in [0.1, 0.15) is 12.5 Å². The minimum absolute atomic E-state index is 0.273. The van der Waals surface area contributed by atoms with Gasteiger partial charge in [0.2, 0.25) is 0 Å². The van der Waals surface area contributed by atoms with E-state index in [1.165, 1.54) is 24.3 Å². The Hall–Kier alpha value is -3.45. The third-order valence-corrected chi connectivity index (χ3v) is 5.22. The van der Waals surface area contributed by atoms with E-state index >= 15 is 0 Å². The number of rotatable bonds is 5. The van der Waals surface area contributed by atoms with Gasteiger partial charge in [0.25, 0.3) is 0 Å². The molecule has 0 spiro atoms. The highest BCUT2D eigenvalue weighted by Crippen LogP contribution is 2.34. The van der Waals surface area contributed by atoms with E-state index in [0.717, 1.165) is 22.5 Å². The van der Waals surface area contributed by atoms with Crippen LogP contribution < -0.4 is 14.4 Å². The number of hydrogen-bond acceptors (Lipinski definition) is 6. The van der Waals surface area contributed by atoms with Crippen molar-refractivity contribution >= 4 is 27.6 Å². The summed E-state index contributed by atoms with van der Waals surface area (Å²) in [6, 6.07) is 16.3. The lowest BCUT2D eigenvalue weighted by Gasteiger charge is -2.14. The van der Waals surface area contributed by atoms with Crippen LogP contribution >= 0.6 is 11.3 Å².